The fourth-order valence-corrected chi connectivity index (χ4v) is 5.36. The minimum atomic E-state index is -3.16. The zero-order chi connectivity index (χ0) is 17.3. The monoisotopic (exact) mass is 368 g/mol. The summed E-state index contributed by atoms with van der Waals surface area (Å²) in [5, 5.41) is 0.482. The third-order valence-electron chi connectivity index (χ3n) is 4.78. The van der Waals surface area contributed by atoms with E-state index < -0.39 is 10.0 Å². The van der Waals surface area contributed by atoms with E-state index in [2.05, 4.69) is 13.0 Å². The number of amides is 1. The Hall–Kier alpha value is -1.05. The molecule has 1 saturated heterocycles. The molecule has 2 aliphatic heterocycles. The van der Waals surface area contributed by atoms with Crippen molar-refractivity contribution in [3.8, 4) is 0 Å². The molecule has 7 heteroatoms. The molecule has 0 aliphatic carbocycles. The maximum absolute atomic E-state index is 13.1. The molecule has 132 valence electrons. The highest BCUT2D eigenvalue weighted by molar-refractivity contribution is 8.00. The molecule has 1 aromatic rings. The van der Waals surface area contributed by atoms with E-state index in [1.807, 2.05) is 34.9 Å². The fraction of sp³-hybridized carbons (Fsp3) is 0.588. The number of carbonyl (C=O) groups excluding carboxylic acids is 1. The Labute approximate surface area is 148 Å². The van der Waals surface area contributed by atoms with Crippen molar-refractivity contribution in [2.24, 2.45) is 5.92 Å². The smallest absolute Gasteiger partial charge is 0.230 e. The number of hydrogen-bond acceptors (Lipinski definition) is 4. The number of rotatable bonds is 2. The van der Waals surface area contributed by atoms with Gasteiger partial charge in [0.25, 0.3) is 0 Å². The van der Waals surface area contributed by atoms with Gasteiger partial charge >= 0.3 is 0 Å². The third kappa shape index (κ3) is 3.78. The fourth-order valence-electron chi connectivity index (χ4n) is 3.37. The van der Waals surface area contributed by atoms with Crippen molar-refractivity contribution in [3.05, 3.63) is 24.3 Å². The summed E-state index contributed by atoms with van der Waals surface area (Å²) in [6.07, 6.45) is 3.41. The van der Waals surface area contributed by atoms with Gasteiger partial charge in [-0.1, -0.05) is 19.1 Å². The lowest BCUT2D eigenvalue weighted by atomic mass is 9.96. The number of hydrogen-bond donors (Lipinski definition) is 0. The molecule has 2 aliphatic rings. The molecule has 5 nitrogen and oxygen atoms in total. The number of fused-ring (bicyclic) bond motifs is 1. The number of benzene rings is 1. The Bertz CT molecular complexity index is 712. The zero-order valence-electron chi connectivity index (χ0n) is 14.1. The van der Waals surface area contributed by atoms with Crippen LogP contribution in [0.5, 0.6) is 0 Å². The SMILES string of the molecule is CC1CCN(C(=O)C2CCN(S(C)(=O)=O)CC2)c2ccccc2S1. The van der Waals surface area contributed by atoms with E-state index in [1.165, 1.54) is 10.6 Å². The average molecular weight is 369 g/mol. The number of nitrogens with zero attached hydrogens (tertiary/aromatic N) is 2. The molecule has 2 heterocycles. The maximum Gasteiger partial charge on any atom is 0.230 e. The molecule has 0 N–H and O–H groups in total. The van der Waals surface area contributed by atoms with Crippen LogP contribution < -0.4 is 4.90 Å². The highest BCUT2D eigenvalue weighted by Crippen LogP contribution is 2.38. The summed E-state index contributed by atoms with van der Waals surface area (Å²) in [4.78, 5) is 16.2. The molecule has 1 fully saturated rings. The molecule has 1 unspecified atom stereocenters. The van der Waals surface area contributed by atoms with Crippen LogP contribution in [0.3, 0.4) is 0 Å². The summed E-state index contributed by atoms with van der Waals surface area (Å²) in [6, 6.07) is 8.08. The Morgan fingerprint density at radius 1 is 1.12 bits per heavy atom. The molecular weight excluding hydrogens is 344 g/mol. The third-order valence-corrected chi connectivity index (χ3v) is 7.32. The van der Waals surface area contributed by atoms with E-state index >= 15 is 0 Å². The molecule has 0 bridgehead atoms. The Morgan fingerprint density at radius 2 is 1.79 bits per heavy atom. The minimum Gasteiger partial charge on any atom is -0.311 e. The first-order chi connectivity index (χ1) is 11.4. The second-order valence-electron chi connectivity index (χ2n) is 6.61. The van der Waals surface area contributed by atoms with Crippen LogP contribution in [-0.4, -0.2) is 49.8 Å². The second kappa shape index (κ2) is 7.06. The largest absolute Gasteiger partial charge is 0.311 e. The number of sulfonamides is 1. The molecule has 3 rings (SSSR count). The van der Waals surface area contributed by atoms with E-state index in [4.69, 9.17) is 0 Å². The van der Waals surface area contributed by atoms with Gasteiger partial charge in [0.15, 0.2) is 0 Å². The lowest BCUT2D eigenvalue weighted by molar-refractivity contribution is -0.123. The number of piperidine rings is 1. The average Bonchev–Trinajstić information content (AvgIpc) is 2.72. The minimum absolute atomic E-state index is 0.0885. The second-order valence-corrected chi connectivity index (χ2v) is 10.1. The topological polar surface area (TPSA) is 57.7 Å². The van der Waals surface area contributed by atoms with Crippen molar-refractivity contribution in [1.29, 1.82) is 0 Å². The summed E-state index contributed by atoms with van der Waals surface area (Å²) >= 11 is 1.82. The van der Waals surface area contributed by atoms with Gasteiger partial charge in [-0.2, -0.15) is 0 Å². The number of thioether (sulfide) groups is 1. The highest BCUT2D eigenvalue weighted by Gasteiger charge is 2.33. The quantitative estimate of drug-likeness (QED) is 0.805. The summed E-state index contributed by atoms with van der Waals surface area (Å²) in [5.74, 6) is 0.0553. The molecule has 0 radical (unpaired) electrons. The van der Waals surface area contributed by atoms with Gasteiger partial charge < -0.3 is 4.90 Å². The van der Waals surface area contributed by atoms with Crippen LogP contribution in [0.4, 0.5) is 5.69 Å². The first kappa shape index (κ1) is 17.8. The van der Waals surface area contributed by atoms with Gasteiger partial charge in [0.05, 0.1) is 11.9 Å². The van der Waals surface area contributed by atoms with Gasteiger partial charge in [0.1, 0.15) is 0 Å². The molecule has 0 saturated carbocycles. The van der Waals surface area contributed by atoms with Crippen LogP contribution in [0.15, 0.2) is 29.2 Å². The van der Waals surface area contributed by atoms with Gasteiger partial charge in [0.2, 0.25) is 15.9 Å². The van der Waals surface area contributed by atoms with Gasteiger partial charge in [-0.3, -0.25) is 4.79 Å². The number of carbonyl (C=O) groups is 1. The normalized spacial score (nSPS) is 23.6. The predicted octanol–water partition coefficient (Wildman–Crippen LogP) is 2.58. The van der Waals surface area contributed by atoms with E-state index in [-0.39, 0.29) is 11.8 Å². The molecule has 1 amide bonds. The summed E-state index contributed by atoms with van der Waals surface area (Å²) in [5.41, 5.74) is 1.00. The number of para-hydroxylation sites is 1. The number of anilines is 1. The van der Waals surface area contributed by atoms with E-state index in [1.54, 1.807) is 0 Å². The van der Waals surface area contributed by atoms with Crippen molar-refractivity contribution in [2.45, 2.75) is 36.3 Å². The van der Waals surface area contributed by atoms with Crippen molar-refractivity contribution in [1.82, 2.24) is 4.31 Å². The van der Waals surface area contributed by atoms with Crippen molar-refractivity contribution < 1.29 is 13.2 Å². The van der Waals surface area contributed by atoms with Gasteiger partial charge in [-0.05, 0) is 31.4 Å². The van der Waals surface area contributed by atoms with Crippen LogP contribution in [0.1, 0.15) is 26.2 Å². The molecule has 24 heavy (non-hydrogen) atoms. The van der Waals surface area contributed by atoms with Gasteiger partial charge in [-0.25, -0.2) is 12.7 Å². The van der Waals surface area contributed by atoms with Crippen LogP contribution in [0.25, 0.3) is 0 Å². The van der Waals surface area contributed by atoms with Crippen molar-refractivity contribution in [2.75, 3.05) is 30.8 Å². The Balaban J connectivity index is 1.76. The molecule has 1 aromatic carbocycles. The Morgan fingerprint density at radius 3 is 2.46 bits per heavy atom. The predicted molar refractivity (Wildman–Crippen MR) is 97.9 cm³/mol. The van der Waals surface area contributed by atoms with E-state index in [0.29, 0.717) is 31.2 Å². The van der Waals surface area contributed by atoms with E-state index in [9.17, 15) is 13.2 Å². The van der Waals surface area contributed by atoms with Crippen LogP contribution >= 0.6 is 11.8 Å². The van der Waals surface area contributed by atoms with Gasteiger partial charge in [-0.15, -0.1) is 11.8 Å². The summed E-state index contributed by atoms with van der Waals surface area (Å²) in [7, 11) is -3.16. The summed E-state index contributed by atoms with van der Waals surface area (Å²) in [6.45, 7) is 3.81. The van der Waals surface area contributed by atoms with Crippen molar-refractivity contribution >= 4 is 33.4 Å². The van der Waals surface area contributed by atoms with E-state index in [0.717, 1.165) is 23.5 Å². The molecule has 0 spiro atoms. The lowest BCUT2D eigenvalue weighted by Gasteiger charge is -2.33. The van der Waals surface area contributed by atoms with Crippen LogP contribution in [-0.2, 0) is 14.8 Å². The molecule has 1 atom stereocenters. The zero-order valence-corrected chi connectivity index (χ0v) is 15.8. The van der Waals surface area contributed by atoms with Crippen molar-refractivity contribution in [3.63, 3.8) is 0 Å². The summed E-state index contributed by atoms with van der Waals surface area (Å²) < 4.78 is 24.8. The van der Waals surface area contributed by atoms with Crippen LogP contribution in [0, 0.1) is 5.92 Å². The Kier molecular flexibility index (Phi) is 5.22. The van der Waals surface area contributed by atoms with Crippen LogP contribution in [0.2, 0.25) is 0 Å². The maximum atomic E-state index is 13.1. The lowest BCUT2D eigenvalue weighted by Crippen LogP contribution is -2.44. The first-order valence-electron chi connectivity index (χ1n) is 8.38. The standard InChI is InChI=1S/C17H24N2O3S2/c1-13-7-12-19(15-5-3-4-6-16(15)23-13)17(20)14-8-10-18(11-9-14)24(2,21)22/h3-6,13-14H,7-12H2,1-2H3. The molecule has 0 aromatic heterocycles. The first-order valence-corrected chi connectivity index (χ1v) is 11.1. The van der Waals surface area contributed by atoms with Gasteiger partial charge in [0, 0.05) is 35.7 Å². The highest BCUT2D eigenvalue weighted by atomic mass is 32.2. The molecular formula is C17H24N2O3S2.